The number of carbonyl (C=O) groups is 1. The molecule has 2 aromatic carbocycles. The average Bonchev–Trinajstić information content (AvgIpc) is 3.21. The highest BCUT2D eigenvalue weighted by molar-refractivity contribution is 5.65. The fraction of sp³-hybridized carbons (Fsp3) is 0.567. The van der Waals surface area contributed by atoms with Crippen molar-refractivity contribution >= 4 is 6.29 Å². The van der Waals surface area contributed by atoms with E-state index in [1.54, 1.807) is 7.11 Å². The number of unbranched alkanes of at least 4 members (excludes halogenated alkanes) is 1. The van der Waals surface area contributed by atoms with Crippen molar-refractivity contribution < 1.29 is 24.5 Å². The van der Waals surface area contributed by atoms with E-state index in [1.165, 1.54) is 0 Å². The molecule has 1 saturated heterocycles. The van der Waals surface area contributed by atoms with Crippen LogP contribution in [0.15, 0.2) is 48.5 Å². The second-order valence-electron chi connectivity index (χ2n) is 10.9. The number of hydrogen-bond acceptors (Lipinski definition) is 7. The maximum atomic E-state index is 12.5. The zero-order valence-corrected chi connectivity index (χ0v) is 22.1. The highest BCUT2D eigenvalue weighted by atomic mass is 16.5. The number of carbonyl (C=O) groups excluding carboxylic acids is 1. The molecule has 37 heavy (non-hydrogen) atoms. The van der Waals surface area contributed by atoms with Crippen LogP contribution in [0.4, 0.5) is 0 Å². The summed E-state index contributed by atoms with van der Waals surface area (Å²) in [4.78, 5) is 14.5. The van der Waals surface area contributed by atoms with Crippen molar-refractivity contribution in [2.45, 2.75) is 75.2 Å². The van der Waals surface area contributed by atoms with Gasteiger partial charge in [0.05, 0.1) is 17.2 Å². The Morgan fingerprint density at radius 3 is 2.70 bits per heavy atom. The van der Waals surface area contributed by atoms with Crippen molar-refractivity contribution in [2.24, 2.45) is 11.7 Å². The Hall–Kier alpha value is -2.29. The van der Waals surface area contributed by atoms with Gasteiger partial charge in [0.15, 0.2) is 0 Å². The van der Waals surface area contributed by atoms with Gasteiger partial charge in [-0.05, 0) is 75.8 Å². The number of benzene rings is 2. The first-order valence-corrected chi connectivity index (χ1v) is 13.5. The third-order valence-corrected chi connectivity index (χ3v) is 8.32. The minimum Gasteiger partial charge on any atom is -0.457 e. The zero-order valence-electron chi connectivity index (χ0n) is 22.1. The number of rotatable bonds is 11. The molecule has 2 aliphatic rings. The fourth-order valence-corrected chi connectivity index (χ4v) is 6.26. The minimum absolute atomic E-state index is 0.114. The lowest BCUT2D eigenvalue weighted by molar-refractivity contribution is -0.125. The fourth-order valence-electron chi connectivity index (χ4n) is 6.26. The first-order chi connectivity index (χ1) is 17.8. The van der Waals surface area contributed by atoms with Gasteiger partial charge in [-0.2, -0.15) is 0 Å². The van der Waals surface area contributed by atoms with Crippen LogP contribution in [0.1, 0.15) is 56.1 Å². The summed E-state index contributed by atoms with van der Waals surface area (Å²) in [6.07, 6.45) is 4.93. The average molecular weight is 511 g/mol. The van der Waals surface area contributed by atoms with E-state index in [4.69, 9.17) is 15.2 Å². The normalized spacial score (nSPS) is 28.1. The number of nitrogens with zero attached hydrogens (tertiary/aromatic N) is 1. The lowest BCUT2D eigenvalue weighted by Crippen LogP contribution is -2.56. The van der Waals surface area contributed by atoms with Gasteiger partial charge in [0.1, 0.15) is 17.8 Å². The standard InChI is InChI=1S/C30H42N2O5/c1-22-9-7-11-24(17-22)37-28-13-4-3-12-25(28)30(35,14-5-6-16-36-2)23-10-8-15-32(20-23)29(21-33)18-26(31)27(34)19-29/h3-4,7,9,11-13,17,21,23,26-27,34-35H,5-6,8,10,14-16,18-20,31H2,1-2H3/t23-,26-,27+,29+,30+/m1/s1. The van der Waals surface area contributed by atoms with Gasteiger partial charge in [0.2, 0.25) is 0 Å². The molecule has 1 saturated carbocycles. The first-order valence-electron chi connectivity index (χ1n) is 13.5. The lowest BCUT2D eigenvalue weighted by Gasteiger charge is -2.47. The molecule has 0 unspecified atom stereocenters. The predicted octanol–water partition coefficient (Wildman–Crippen LogP) is 3.92. The number of nitrogens with two attached hydrogens (primary N) is 1. The van der Waals surface area contributed by atoms with E-state index < -0.39 is 23.3 Å². The van der Waals surface area contributed by atoms with Crippen LogP contribution in [0.25, 0.3) is 0 Å². The van der Waals surface area contributed by atoms with E-state index in [0.29, 0.717) is 38.2 Å². The molecule has 5 atom stereocenters. The van der Waals surface area contributed by atoms with Gasteiger partial charge in [-0.1, -0.05) is 30.3 Å². The summed E-state index contributed by atoms with van der Waals surface area (Å²) < 4.78 is 11.6. The van der Waals surface area contributed by atoms with Gasteiger partial charge < -0.3 is 30.2 Å². The third-order valence-electron chi connectivity index (χ3n) is 8.32. The van der Waals surface area contributed by atoms with Crippen molar-refractivity contribution in [2.75, 3.05) is 26.8 Å². The summed E-state index contributed by atoms with van der Waals surface area (Å²) in [5.41, 5.74) is 6.06. The largest absolute Gasteiger partial charge is 0.457 e. The van der Waals surface area contributed by atoms with Crippen molar-refractivity contribution in [1.29, 1.82) is 0 Å². The second-order valence-corrected chi connectivity index (χ2v) is 10.9. The Kier molecular flexibility index (Phi) is 9.03. The molecule has 7 nitrogen and oxygen atoms in total. The molecule has 7 heteroatoms. The first kappa shape index (κ1) is 27.7. The van der Waals surface area contributed by atoms with Gasteiger partial charge >= 0.3 is 0 Å². The number of likely N-dealkylation sites (tertiary alicyclic amines) is 1. The van der Waals surface area contributed by atoms with E-state index in [-0.39, 0.29) is 5.92 Å². The van der Waals surface area contributed by atoms with Crippen LogP contribution in [0.2, 0.25) is 0 Å². The van der Waals surface area contributed by atoms with Crippen LogP contribution in [-0.2, 0) is 15.1 Å². The number of aldehydes is 1. The molecule has 0 aromatic heterocycles. The highest BCUT2D eigenvalue weighted by Gasteiger charge is 2.51. The maximum absolute atomic E-state index is 12.5. The summed E-state index contributed by atoms with van der Waals surface area (Å²) in [5.74, 6) is 1.26. The number of aliphatic hydroxyl groups excluding tert-OH is 1. The maximum Gasteiger partial charge on any atom is 0.140 e. The van der Waals surface area contributed by atoms with Gasteiger partial charge in [-0.25, -0.2) is 0 Å². The van der Waals surface area contributed by atoms with Gasteiger partial charge in [-0.3, -0.25) is 4.90 Å². The van der Waals surface area contributed by atoms with Gasteiger partial charge in [0.25, 0.3) is 0 Å². The molecule has 1 heterocycles. The second kappa shape index (κ2) is 12.0. The van der Waals surface area contributed by atoms with Crippen LogP contribution >= 0.6 is 0 Å². The molecule has 1 aliphatic carbocycles. The van der Waals surface area contributed by atoms with E-state index >= 15 is 0 Å². The molecule has 2 aromatic rings. The monoisotopic (exact) mass is 510 g/mol. The minimum atomic E-state index is -1.16. The van der Waals surface area contributed by atoms with Crippen molar-refractivity contribution in [3.05, 3.63) is 59.7 Å². The van der Waals surface area contributed by atoms with Gasteiger partial charge in [-0.15, -0.1) is 0 Å². The summed E-state index contributed by atoms with van der Waals surface area (Å²) in [7, 11) is 1.69. The van der Waals surface area contributed by atoms with Crippen LogP contribution in [0.3, 0.4) is 0 Å². The number of piperidine rings is 1. The Balaban J connectivity index is 1.66. The van der Waals surface area contributed by atoms with Crippen molar-refractivity contribution in [3.8, 4) is 11.5 Å². The van der Waals surface area contributed by atoms with E-state index in [2.05, 4.69) is 4.90 Å². The van der Waals surface area contributed by atoms with Crippen molar-refractivity contribution in [3.63, 3.8) is 0 Å². The molecule has 4 N–H and O–H groups in total. The number of para-hydroxylation sites is 1. The smallest absolute Gasteiger partial charge is 0.140 e. The molecular formula is C30H42N2O5. The molecular weight excluding hydrogens is 468 g/mol. The summed E-state index contributed by atoms with van der Waals surface area (Å²) in [5, 5.41) is 22.9. The zero-order chi connectivity index (χ0) is 26.5. The van der Waals surface area contributed by atoms with Crippen LogP contribution in [-0.4, -0.2) is 65.9 Å². The topological polar surface area (TPSA) is 105 Å². The molecule has 0 spiro atoms. The number of aliphatic hydroxyl groups is 2. The molecule has 202 valence electrons. The molecule has 1 aliphatic heterocycles. The molecule has 2 fully saturated rings. The molecule has 0 amide bonds. The number of hydrogen-bond donors (Lipinski definition) is 3. The number of methoxy groups -OCH3 is 1. The van der Waals surface area contributed by atoms with Crippen LogP contribution in [0.5, 0.6) is 11.5 Å². The van der Waals surface area contributed by atoms with Crippen LogP contribution < -0.4 is 10.5 Å². The summed E-state index contributed by atoms with van der Waals surface area (Å²) in [6, 6.07) is 15.2. The Morgan fingerprint density at radius 2 is 2.00 bits per heavy atom. The van der Waals surface area contributed by atoms with E-state index in [9.17, 15) is 15.0 Å². The Morgan fingerprint density at radius 1 is 1.19 bits per heavy atom. The summed E-state index contributed by atoms with van der Waals surface area (Å²) >= 11 is 0. The third kappa shape index (κ3) is 6.07. The number of ether oxygens (including phenoxy) is 2. The lowest BCUT2D eigenvalue weighted by atomic mass is 9.73. The SMILES string of the molecule is COCCCC[C@@](O)(c1ccccc1Oc1cccc(C)c1)[C@@H]1CCCN([C@@]2(C=O)C[C@@H](N)[C@@H](O)C2)C1. The quantitative estimate of drug-likeness (QED) is 0.311. The Bertz CT molecular complexity index is 1040. The van der Waals surface area contributed by atoms with Crippen LogP contribution in [0, 0.1) is 12.8 Å². The molecule has 4 rings (SSSR count). The number of aryl methyl sites for hydroxylation is 1. The Labute approximate surface area is 220 Å². The van der Waals surface area contributed by atoms with E-state index in [0.717, 1.165) is 55.4 Å². The molecule has 0 bridgehead atoms. The van der Waals surface area contributed by atoms with Crippen molar-refractivity contribution in [1.82, 2.24) is 4.90 Å². The van der Waals surface area contributed by atoms with Gasteiger partial charge in [0, 0.05) is 44.2 Å². The predicted molar refractivity (Wildman–Crippen MR) is 144 cm³/mol. The molecule has 0 radical (unpaired) electrons. The van der Waals surface area contributed by atoms with E-state index in [1.807, 2.05) is 55.5 Å². The highest BCUT2D eigenvalue weighted by Crippen LogP contribution is 2.46. The summed E-state index contributed by atoms with van der Waals surface area (Å²) in [6.45, 7) is 3.96.